The van der Waals surface area contributed by atoms with Gasteiger partial charge in [-0.25, -0.2) is 13.6 Å². The summed E-state index contributed by atoms with van der Waals surface area (Å²) in [4.78, 5) is 10.3. The third kappa shape index (κ3) is 1.70. The highest BCUT2D eigenvalue weighted by Gasteiger charge is 2.37. The smallest absolute Gasteiger partial charge is 0.393 e. The number of carboxylic acids is 1. The van der Waals surface area contributed by atoms with Gasteiger partial charge in [-0.2, -0.15) is 0 Å². The van der Waals surface area contributed by atoms with E-state index in [1.807, 2.05) is 0 Å². The Morgan fingerprint density at radius 3 is 2.43 bits per heavy atom. The van der Waals surface area contributed by atoms with Gasteiger partial charge in [0.05, 0.1) is 0 Å². The average Bonchev–Trinajstić information content (AvgIpc) is 2.51. The first-order valence-corrected chi connectivity index (χ1v) is 3.71. The fourth-order valence-corrected chi connectivity index (χ4v) is 0.663. The van der Waals surface area contributed by atoms with Crippen molar-refractivity contribution in [3.05, 3.63) is 11.8 Å². The number of carbonyl (C=O) groups is 1. The third-order valence-corrected chi connectivity index (χ3v) is 1.70. The van der Waals surface area contributed by atoms with E-state index >= 15 is 0 Å². The molecular weight excluding hydrogens is 198 g/mol. The monoisotopic (exact) mass is 206 g/mol. The number of rotatable bonds is 3. The van der Waals surface area contributed by atoms with Gasteiger partial charge < -0.3 is 9.52 Å². The molecule has 0 fully saturated rings. The summed E-state index contributed by atoms with van der Waals surface area (Å²) in [6.45, 7) is 2.38. The standard InChI is InChI=1S/C7H8F2N2O3/c1-7(2,5(8)9)6-11-10-3(14-6)4(12)13/h5H,1-2H3,(H,12,13). The second-order valence-corrected chi connectivity index (χ2v) is 3.24. The number of nitrogens with zero attached hydrogens (tertiary/aromatic N) is 2. The Hall–Kier alpha value is -1.53. The van der Waals surface area contributed by atoms with Gasteiger partial charge in [0.2, 0.25) is 5.89 Å². The van der Waals surface area contributed by atoms with E-state index in [4.69, 9.17) is 5.11 Å². The number of hydrogen-bond acceptors (Lipinski definition) is 4. The van der Waals surface area contributed by atoms with Gasteiger partial charge in [-0.3, -0.25) is 0 Å². The lowest BCUT2D eigenvalue weighted by atomic mass is 9.94. The van der Waals surface area contributed by atoms with Crippen LogP contribution >= 0.6 is 0 Å². The quantitative estimate of drug-likeness (QED) is 0.806. The molecule has 0 aromatic carbocycles. The molecule has 0 bridgehead atoms. The molecule has 0 aliphatic rings. The summed E-state index contributed by atoms with van der Waals surface area (Å²) in [5.74, 6) is -2.51. The van der Waals surface area contributed by atoms with E-state index in [9.17, 15) is 13.6 Å². The van der Waals surface area contributed by atoms with Gasteiger partial charge in [0, 0.05) is 0 Å². The third-order valence-electron chi connectivity index (χ3n) is 1.70. The molecule has 0 aliphatic heterocycles. The second kappa shape index (κ2) is 3.32. The van der Waals surface area contributed by atoms with Crippen LogP contribution in [0.2, 0.25) is 0 Å². The van der Waals surface area contributed by atoms with Crippen molar-refractivity contribution in [3.8, 4) is 0 Å². The molecule has 78 valence electrons. The Morgan fingerprint density at radius 2 is 2.07 bits per heavy atom. The number of carboxylic acid groups (broad SMARTS) is 1. The van der Waals surface area contributed by atoms with Crippen LogP contribution in [-0.2, 0) is 5.41 Å². The molecule has 0 saturated heterocycles. The summed E-state index contributed by atoms with van der Waals surface area (Å²) in [6, 6.07) is 0. The van der Waals surface area contributed by atoms with Gasteiger partial charge in [-0.15, -0.1) is 10.2 Å². The van der Waals surface area contributed by atoms with E-state index in [1.165, 1.54) is 13.8 Å². The van der Waals surface area contributed by atoms with Gasteiger partial charge in [-0.05, 0) is 13.8 Å². The largest absolute Gasteiger partial charge is 0.474 e. The zero-order valence-electron chi connectivity index (χ0n) is 7.49. The van der Waals surface area contributed by atoms with E-state index in [1.54, 1.807) is 0 Å². The molecule has 0 unspecified atom stereocenters. The predicted molar refractivity (Wildman–Crippen MR) is 40.3 cm³/mol. The van der Waals surface area contributed by atoms with E-state index in [0.29, 0.717) is 0 Å². The molecular formula is C7H8F2N2O3. The van der Waals surface area contributed by atoms with Crippen LogP contribution in [0.5, 0.6) is 0 Å². The summed E-state index contributed by atoms with van der Waals surface area (Å²) < 4.78 is 29.4. The van der Waals surface area contributed by atoms with Gasteiger partial charge in [0.15, 0.2) is 0 Å². The van der Waals surface area contributed by atoms with Crippen LogP contribution in [0.25, 0.3) is 0 Å². The Bertz CT molecular complexity index is 348. The van der Waals surface area contributed by atoms with Crippen molar-refractivity contribution in [2.24, 2.45) is 0 Å². The van der Waals surface area contributed by atoms with Gasteiger partial charge >= 0.3 is 11.9 Å². The molecule has 1 N–H and O–H groups in total. The molecule has 0 radical (unpaired) electrons. The SMILES string of the molecule is CC(C)(c1nnc(C(=O)O)o1)C(F)F. The molecule has 1 rings (SSSR count). The van der Waals surface area contributed by atoms with E-state index < -0.39 is 23.7 Å². The first-order chi connectivity index (χ1) is 6.35. The van der Waals surface area contributed by atoms with Crippen LogP contribution in [0.15, 0.2) is 4.42 Å². The first kappa shape index (κ1) is 10.6. The minimum atomic E-state index is -2.70. The summed E-state index contributed by atoms with van der Waals surface area (Å²) in [7, 11) is 0. The summed E-state index contributed by atoms with van der Waals surface area (Å²) in [6.07, 6.45) is -2.70. The summed E-state index contributed by atoms with van der Waals surface area (Å²) in [5, 5.41) is 14.8. The van der Waals surface area contributed by atoms with Crippen molar-refractivity contribution in [1.29, 1.82) is 0 Å². The van der Waals surface area contributed by atoms with Crippen molar-refractivity contribution in [2.75, 3.05) is 0 Å². The maximum Gasteiger partial charge on any atom is 0.393 e. The van der Waals surface area contributed by atoms with E-state index in [-0.39, 0.29) is 5.89 Å². The van der Waals surface area contributed by atoms with Crippen molar-refractivity contribution >= 4 is 5.97 Å². The highest BCUT2D eigenvalue weighted by molar-refractivity contribution is 5.81. The number of hydrogen-bond donors (Lipinski definition) is 1. The molecule has 0 spiro atoms. The Balaban J connectivity index is 3.02. The lowest BCUT2D eigenvalue weighted by Gasteiger charge is -2.17. The Morgan fingerprint density at radius 1 is 1.50 bits per heavy atom. The highest BCUT2D eigenvalue weighted by Crippen LogP contribution is 2.28. The van der Waals surface area contributed by atoms with Crippen LogP contribution in [0, 0.1) is 0 Å². The zero-order chi connectivity index (χ0) is 10.9. The molecule has 14 heavy (non-hydrogen) atoms. The highest BCUT2D eigenvalue weighted by atomic mass is 19.3. The average molecular weight is 206 g/mol. The van der Waals surface area contributed by atoms with Gasteiger partial charge in [-0.1, -0.05) is 0 Å². The lowest BCUT2D eigenvalue weighted by molar-refractivity contribution is 0.0500. The van der Waals surface area contributed by atoms with Gasteiger partial charge in [0.1, 0.15) is 5.41 Å². The summed E-state index contributed by atoms with van der Waals surface area (Å²) >= 11 is 0. The fourth-order valence-electron chi connectivity index (χ4n) is 0.663. The van der Waals surface area contributed by atoms with Gasteiger partial charge in [0.25, 0.3) is 6.43 Å². The van der Waals surface area contributed by atoms with Crippen LogP contribution in [0.4, 0.5) is 8.78 Å². The van der Waals surface area contributed by atoms with Crippen LogP contribution in [-0.4, -0.2) is 27.7 Å². The topological polar surface area (TPSA) is 76.2 Å². The molecule has 0 amide bonds. The second-order valence-electron chi connectivity index (χ2n) is 3.24. The minimum Gasteiger partial charge on any atom is -0.474 e. The van der Waals surface area contributed by atoms with E-state index in [2.05, 4.69) is 14.6 Å². The Labute approximate surface area is 77.7 Å². The predicted octanol–water partition coefficient (Wildman–Crippen LogP) is 1.31. The number of alkyl halides is 2. The number of aromatic carboxylic acids is 1. The molecule has 5 nitrogen and oxygen atoms in total. The molecule has 1 aromatic heterocycles. The normalized spacial score (nSPS) is 12.1. The molecule has 0 atom stereocenters. The molecule has 0 aliphatic carbocycles. The van der Waals surface area contributed by atoms with Crippen molar-refractivity contribution in [2.45, 2.75) is 25.7 Å². The minimum absolute atomic E-state index is 0.384. The molecule has 0 saturated carbocycles. The molecule has 1 heterocycles. The van der Waals surface area contributed by atoms with Crippen LogP contribution in [0.3, 0.4) is 0 Å². The number of aromatic nitrogens is 2. The first-order valence-electron chi connectivity index (χ1n) is 3.71. The summed E-state index contributed by atoms with van der Waals surface area (Å²) in [5.41, 5.74) is -1.64. The van der Waals surface area contributed by atoms with Crippen LogP contribution < -0.4 is 0 Å². The van der Waals surface area contributed by atoms with Crippen molar-refractivity contribution < 1.29 is 23.1 Å². The number of halogens is 2. The van der Waals surface area contributed by atoms with Crippen LogP contribution in [0.1, 0.15) is 30.4 Å². The van der Waals surface area contributed by atoms with Crippen molar-refractivity contribution in [3.63, 3.8) is 0 Å². The fraction of sp³-hybridized carbons (Fsp3) is 0.571. The van der Waals surface area contributed by atoms with Crippen molar-refractivity contribution in [1.82, 2.24) is 10.2 Å². The molecule has 7 heteroatoms. The van der Waals surface area contributed by atoms with E-state index in [0.717, 1.165) is 0 Å². The Kier molecular flexibility index (Phi) is 2.50. The lowest BCUT2D eigenvalue weighted by Crippen LogP contribution is -2.27. The maximum absolute atomic E-state index is 12.4. The zero-order valence-corrected chi connectivity index (χ0v) is 7.49. The maximum atomic E-state index is 12.4. The molecule has 1 aromatic rings.